The first-order valence-corrected chi connectivity index (χ1v) is 9.78. The normalized spacial score (nSPS) is 19.5. The van der Waals surface area contributed by atoms with Crippen molar-refractivity contribution in [1.29, 1.82) is 0 Å². The van der Waals surface area contributed by atoms with Crippen LogP contribution in [0.3, 0.4) is 0 Å². The maximum atomic E-state index is 11.3. The molecule has 0 spiro atoms. The molecule has 0 N–H and O–H groups in total. The molecule has 0 amide bonds. The predicted octanol–water partition coefficient (Wildman–Crippen LogP) is 1.96. The molecule has 0 bridgehead atoms. The second-order valence-corrected chi connectivity index (χ2v) is 8.43. The molecule has 0 aromatic heterocycles. The summed E-state index contributed by atoms with van der Waals surface area (Å²) < 4.78 is 50.0. The summed E-state index contributed by atoms with van der Waals surface area (Å²) in [6, 6.07) is 7.54. The largest absolute Gasteiger partial charge is 0.497 e. The van der Waals surface area contributed by atoms with E-state index in [1.54, 1.807) is 7.11 Å². The lowest BCUT2D eigenvalue weighted by Crippen LogP contribution is -2.51. The number of hydrogen-bond donors (Lipinski definition) is 0. The fourth-order valence-corrected chi connectivity index (χ4v) is 2.75. The van der Waals surface area contributed by atoms with Crippen LogP contribution < -0.4 is 4.74 Å². The molecule has 0 aliphatic carbocycles. The molecule has 0 radical (unpaired) electrons. The van der Waals surface area contributed by atoms with Gasteiger partial charge in [0.25, 0.3) is 10.1 Å². The molecular formula is C17H26O7S. The minimum Gasteiger partial charge on any atom is -0.497 e. The van der Waals surface area contributed by atoms with Crippen molar-refractivity contribution in [2.75, 3.05) is 39.8 Å². The molecule has 2 rings (SSSR count). The van der Waals surface area contributed by atoms with Crippen LogP contribution in [0.5, 0.6) is 5.75 Å². The van der Waals surface area contributed by atoms with Crippen LogP contribution in [0.4, 0.5) is 0 Å². The summed E-state index contributed by atoms with van der Waals surface area (Å²) in [5, 5.41) is 0. The van der Waals surface area contributed by atoms with Gasteiger partial charge >= 0.3 is 0 Å². The van der Waals surface area contributed by atoms with Gasteiger partial charge in [0, 0.05) is 0 Å². The topological polar surface area (TPSA) is 80.3 Å². The lowest BCUT2D eigenvalue weighted by molar-refractivity contribution is -0.295. The zero-order valence-corrected chi connectivity index (χ0v) is 15.9. The smallest absolute Gasteiger partial charge is 0.264 e. The van der Waals surface area contributed by atoms with E-state index in [-0.39, 0.29) is 26.4 Å². The van der Waals surface area contributed by atoms with E-state index in [0.29, 0.717) is 6.61 Å². The van der Waals surface area contributed by atoms with E-state index in [1.165, 1.54) is 0 Å². The highest BCUT2D eigenvalue weighted by atomic mass is 32.2. The van der Waals surface area contributed by atoms with Gasteiger partial charge in [-0.25, -0.2) is 0 Å². The Morgan fingerprint density at radius 2 is 1.68 bits per heavy atom. The van der Waals surface area contributed by atoms with E-state index in [4.69, 9.17) is 23.1 Å². The van der Waals surface area contributed by atoms with E-state index in [0.717, 1.165) is 17.6 Å². The van der Waals surface area contributed by atoms with Crippen LogP contribution in [0, 0.1) is 5.41 Å². The molecule has 0 saturated carbocycles. The fraction of sp³-hybridized carbons (Fsp3) is 0.647. The van der Waals surface area contributed by atoms with Gasteiger partial charge in [0.1, 0.15) is 5.75 Å². The summed E-state index contributed by atoms with van der Waals surface area (Å²) in [5.74, 6) is 0.0722. The number of methoxy groups -OCH3 is 1. The van der Waals surface area contributed by atoms with E-state index in [2.05, 4.69) is 0 Å². The van der Waals surface area contributed by atoms with Crippen molar-refractivity contribution in [2.45, 2.75) is 26.2 Å². The number of hydrogen-bond acceptors (Lipinski definition) is 7. The van der Waals surface area contributed by atoms with E-state index in [9.17, 15) is 8.42 Å². The Bertz CT molecular complexity index is 642. The summed E-state index contributed by atoms with van der Waals surface area (Å²) in [4.78, 5) is 0. The highest BCUT2D eigenvalue weighted by Gasteiger charge is 2.41. The Kier molecular flexibility index (Phi) is 6.45. The Labute approximate surface area is 149 Å². The van der Waals surface area contributed by atoms with Crippen molar-refractivity contribution in [2.24, 2.45) is 5.41 Å². The summed E-state index contributed by atoms with van der Waals surface area (Å²) in [6.45, 7) is 4.79. The van der Waals surface area contributed by atoms with Crippen molar-refractivity contribution in [1.82, 2.24) is 0 Å². The molecule has 1 aliphatic heterocycles. The van der Waals surface area contributed by atoms with Gasteiger partial charge in [-0.05, 0) is 31.5 Å². The molecule has 7 nitrogen and oxygen atoms in total. The molecule has 1 heterocycles. The summed E-state index contributed by atoms with van der Waals surface area (Å²) in [6.07, 6.45) is 1.02. The van der Waals surface area contributed by atoms with Gasteiger partial charge in [0.05, 0.1) is 51.8 Å². The molecule has 1 saturated heterocycles. The molecule has 1 aromatic rings. The average Bonchev–Trinajstić information content (AvgIpc) is 2.55. The third-order valence-corrected chi connectivity index (χ3v) is 4.41. The van der Waals surface area contributed by atoms with Gasteiger partial charge in [-0.2, -0.15) is 8.42 Å². The van der Waals surface area contributed by atoms with Crippen molar-refractivity contribution >= 4 is 10.1 Å². The van der Waals surface area contributed by atoms with Crippen molar-refractivity contribution in [3.8, 4) is 5.75 Å². The molecule has 1 aromatic carbocycles. The van der Waals surface area contributed by atoms with Gasteiger partial charge < -0.3 is 18.9 Å². The minimum absolute atomic E-state index is 0.0511. The molecule has 1 fully saturated rings. The zero-order chi connectivity index (χ0) is 18.6. The molecular weight excluding hydrogens is 348 g/mol. The Morgan fingerprint density at radius 1 is 1.08 bits per heavy atom. The molecule has 1 aliphatic rings. The van der Waals surface area contributed by atoms with Gasteiger partial charge in [-0.15, -0.1) is 0 Å². The summed E-state index contributed by atoms with van der Waals surface area (Å²) >= 11 is 0. The van der Waals surface area contributed by atoms with E-state index < -0.39 is 21.3 Å². The number of ether oxygens (including phenoxy) is 4. The lowest BCUT2D eigenvalue weighted by atomic mass is 9.91. The number of benzene rings is 1. The highest BCUT2D eigenvalue weighted by molar-refractivity contribution is 7.85. The highest BCUT2D eigenvalue weighted by Crippen LogP contribution is 2.31. The SMILES string of the molecule is COc1ccc(COCC2(COS(C)(=O)=O)COC(C)(C)OC2)cc1. The maximum absolute atomic E-state index is 11.3. The van der Waals surface area contributed by atoms with Crippen LogP contribution in [0.25, 0.3) is 0 Å². The average molecular weight is 374 g/mol. The van der Waals surface area contributed by atoms with Gasteiger partial charge in [0.2, 0.25) is 0 Å². The molecule has 142 valence electrons. The van der Waals surface area contributed by atoms with Crippen molar-refractivity contribution in [3.63, 3.8) is 0 Å². The second kappa shape index (κ2) is 8.01. The fourth-order valence-electron chi connectivity index (χ4n) is 2.28. The Morgan fingerprint density at radius 3 is 2.20 bits per heavy atom. The van der Waals surface area contributed by atoms with Crippen molar-refractivity contribution < 1.29 is 31.5 Å². The van der Waals surface area contributed by atoms with Crippen LogP contribution in [0.1, 0.15) is 19.4 Å². The standard InChI is InChI=1S/C17H26O7S/c1-16(2)22-11-17(12-23-16,13-24-25(4,18)19)10-21-9-14-5-7-15(20-3)8-6-14/h5-8H,9-13H2,1-4H3. The van der Waals surface area contributed by atoms with Crippen molar-refractivity contribution in [3.05, 3.63) is 29.8 Å². The molecule has 0 atom stereocenters. The minimum atomic E-state index is -3.56. The molecule has 25 heavy (non-hydrogen) atoms. The quantitative estimate of drug-likeness (QED) is 0.644. The third-order valence-electron chi connectivity index (χ3n) is 3.87. The number of rotatable bonds is 8. The van der Waals surface area contributed by atoms with Crippen LogP contribution in [0.15, 0.2) is 24.3 Å². The van der Waals surface area contributed by atoms with Crippen LogP contribution in [0.2, 0.25) is 0 Å². The summed E-state index contributed by atoms with van der Waals surface area (Å²) in [5.41, 5.74) is 0.309. The van der Waals surface area contributed by atoms with Gasteiger partial charge in [-0.3, -0.25) is 4.18 Å². The third kappa shape index (κ3) is 6.56. The molecule has 0 unspecified atom stereocenters. The maximum Gasteiger partial charge on any atom is 0.264 e. The monoisotopic (exact) mass is 374 g/mol. The molecule has 8 heteroatoms. The summed E-state index contributed by atoms with van der Waals surface area (Å²) in [7, 11) is -1.94. The van der Waals surface area contributed by atoms with Crippen LogP contribution >= 0.6 is 0 Å². The predicted molar refractivity (Wildman–Crippen MR) is 91.9 cm³/mol. The van der Waals surface area contributed by atoms with Crippen LogP contribution in [-0.2, 0) is 35.1 Å². The van der Waals surface area contributed by atoms with E-state index in [1.807, 2.05) is 38.1 Å². The first kappa shape index (κ1) is 20.1. The Hall–Kier alpha value is -1.19. The Balaban J connectivity index is 1.95. The lowest BCUT2D eigenvalue weighted by Gasteiger charge is -2.42. The van der Waals surface area contributed by atoms with E-state index >= 15 is 0 Å². The first-order valence-electron chi connectivity index (χ1n) is 7.96. The zero-order valence-electron chi connectivity index (χ0n) is 15.1. The second-order valence-electron chi connectivity index (χ2n) is 6.78. The van der Waals surface area contributed by atoms with Gasteiger partial charge in [0.15, 0.2) is 5.79 Å². The first-order chi connectivity index (χ1) is 11.6. The van der Waals surface area contributed by atoms with Crippen LogP contribution in [-0.4, -0.2) is 54.0 Å². The van der Waals surface area contributed by atoms with Gasteiger partial charge in [-0.1, -0.05) is 12.1 Å².